The summed E-state index contributed by atoms with van der Waals surface area (Å²) in [6.07, 6.45) is -4.45. The van der Waals surface area contributed by atoms with Crippen LogP contribution in [0.25, 0.3) is 0 Å². The molecule has 2 atom stereocenters. The van der Waals surface area contributed by atoms with Gasteiger partial charge in [0.2, 0.25) is 0 Å². The van der Waals surface area contributed by atoms with E-state index in [-0.39, 0.29) is 6.42 Å². The molecule has 0 spiro atoms. The molecule has 2 heterocycles. The zero-order chi connectivity index (χ0) is 15.9. The van der Waals surface area contributed by atoms with Crippen LogP contribution in [0.1, 0.15) is 29.8 Å². The topological polar surface area (TPSA) is 39.1 Å². The molecule has 3 rings (SSSR count). The lowest BCUT2D eigenvalue weighted by Crippen LogP contribution is -2.35. The second-order valence-electron chi connectivity index (χ2n) is 5.38. The molecular weight excluding hydrogens is 295 g/mol. The van der Waals surface area contributed by atoms with E-state index < -0.39 is 18.3 Å². The van der Waals surface area contributed by atoms with Crippen molar-refractivity contribution in [1.29, 1.82) is 0 Å². The quantitative estimate of drug-likeness (QED) is 0.915. The fourth-order valence-electron chi connectivity index (χ4n) is 2.77. The van der Waals surface area contributed by atoms with Crippen molar-refractivity contribution in [3.05, 3.63) is 41.6 Å². The molecule has 1 aromatic heterocycles. The van der Waals surface area contributed by atoms with E-state index in [4.69, 9.17) is 4.74 Å². The first-order valence-corrected chi connectivity index (χ1v) is 6.92. The predicted octanol–water partition coefficient (Wildman–Crippen LogP) is 3.86. The second-order valence-corrected chi connectivity index (χ2v) is 5.38. The zero-order valence-corrected chi connectivity index (χ0v) is 12.2. The Morgan fingerprint density at radius 1 is 1.32 bits per heavy atom. The molecule has 1 N–H and O–H groups in total. The van der Waals surface area contributed by atoms with Crippen molar-refractivity contribution in [2.24, 2.45) is 0 Å². The number of hydrogen-bond acceptors (Lipinski definition) is 3. The third kappa shape index (κ3) is 2.63. The average Bonchev–Trinajstić information content (AvgIpc) is 2.85. The standard InChI is InChI=1S/C15H16F3N3O/c1-9-6-14-19-12(10-4-3-5-11(7-10)22-2)8-13(15(16,17)18)21(14)20-9/h3-7,12-13,19H,8H2,1-2H3/t12-,13-/m0/s1. The molecule has 0 fully saturated rings. The van der Waals surface area contributed by atoms with Crippen LogP contribution in [0, 0.1) is 6.92 Å². The molecule has 1 aromatic carbocycles. The number of fused-ring (bicyclic) bond motifs is 1. The van der Waals surface area contributed by atoms with E-state index in [0.29, 0.717) is 17.3 Å². The van der Waals surface area contributed by atoms with E-state index in [1.54, 1.807) is 37.3 Å². The normalized spacial score (nSPS) is 21.1. The first-order valence-electron chi connectivity index (χ1n) is 6.92. The monoisotopic (exact) mass is 311 g/mol. The summed E-state index contributed by atoms with van der Waals surface area (Å²) in [7, 11) is 1.53. The fraction of sp³-hybridized carbons (Fsp3) is 0.400. The highest BCUT2D eigenvalue weighted by Crippen LogP contribution is 2.43. The van der Waals surface area contributed by atoms with Crippen LogP contribution >= 0.6 is 0 Å². The predicted molar refractivity (Wildman–Crippen MR) is 76.0 cm³/mol. The molecule has 0 saturated heterocycles. The molecule has 0 bridgehead atoms. The number of alkyl halides is 3. The molecule has 0 radical (unpaired) electrons. The van der Waals surface area contributed by atoms with E-state index in [1.165, 1.54) is 7.11 Å². The van der Waals surface area contributed by atoms with Crippen LogP contribution in [0.15, 0.2) is 30.3 Å². The number of rotatable bonds is 2. The average molecular weight is 311 g/mol. The molecule has 1 aliphatic heterocycles. The summed E-state index contributed by atoms with van der Waals surface area (Å²) in [4.78, 5) is 0. The first-order chi connectivity index (χ1) is 10.4. The van der Waals surface area contributed by atoms with Crippen LogP contribution in [0.4, 0.5) is 19.0 Å². The molecule has 1 aliphatic rings. The van der Waals surface area contributed by atoms with Crippen LogP contribution in [0.3, 0.4) is 0 Å². The van der Waals surface area contributed by atoms with E-state index in [2.05, 4.69) is 10.4 Å². The van der Waals surface area contributed by atoms with E-state index in [1.807, 2.05) is 0 Å². The van der Waals surface area contributed by atoms with Crippen molar-refractivity contribution in [3.8, 4) is 5.75 Å². The van der Waals surface area contributed by atoms with Crippen molar-refractivity contribution < 1.29 is 17.9 Å². The minimum Gasteiger partial charge on any atom is -0.497 e. The van der Waals surface area contributed by atoms with Crippen molar-refractivity contribution in [2.45, 2.75) is 31.6 Å². The third-order valence-electron chi connectivity index (χ3n) is 3.81. The van der Waals surface area contributed by atoms with Gasteiger partial charge in [-0.3, -0.25) is 0 Å². The Labute approximate surface area is 125 Å². The highest BCUT2D eigenvalue weighted by molar-refractivity contribution is 5.44. The number of halogens is 3. The van der Waals surface area contributed by atoms with Gasteiger partial charge in [0.1, 0.15) is 11.6 Å². The Balaban J connectivity index is 1.99. The zero-order valence-electron chi connectivity index (χ0n) is 12.2. The first kappa shape index (κ1) is 14.7. The van der Waals surface area contributed by atoms with Crippen LogP contribution in [0.5, 0.6) is 5.75 Å². The van der Waals surface area contributed by atoms with Gasteiger partial charge in [-0.15, -0.1) is 0 Å². The van der Waals surface area contributed by atoms with Crippen LogP contribution in [-0.2, 0) is 0 Å². The molecular formula is C15H16F3N3O. The maximum atomic E-state index is 13.4. The Hall–Kier alpha value is -2.18. The number of ether oxygens (including phenoxy) is 1. The van der Waals surface area contributed by atoms with Gasteiger partial charge in [-0.05, 0) is 24.6 Å². The van der Waals surface area contributed by atoms with Crippen LogP contribution in [-0.4, -0.2) is 23.1 Å². The summed E-state index contributed by atoms with van der Waals surface area (Å²) in [6.45, 7) is 1.68. The van der Waals surface area contributed by atoms with Gasteiger partial charge in [0.25, 0.3) is 0 Å². The Morgan fingerprint density at radius 3 is 2.77 bits per heavy atom. The fourth-order valence-corrected chi connectivity index (χ4v) is 2.77. The van der Waals surface area contributed by atoms with Crippen molar-refractivity contribution in [3.63, 3.8) is 0 Å². The maximum absolute atomic E-state index is 13.4. The maximum Gasteiger partial charge on any atom is 0.410 e. The van der Waals surface area contributed by atoms with Crippen molar-refractivity contribution in [1.82, 2.24) is 9.78 Å². The molecule has 0 aliphatic carbocycles. The molecule has 0 amide bonds. The highest BCUT2D eigenvalue weighted by atomic mass is 19.4. The molecule has 22 heavy (non-hydrogen) atoms. The number of anilines is 1. The minimum atomic E-state index is -4.34. The lowest BCUT2D eigenvalue weighted by atomic mass is 9.97. The van der Waals surface area contributed by atoms with E-state index >= 15 is 0 Å². The molecule has 7 heteroatoms. The van der Waals surface area contributed by atoms with Gasteiger partial charge in [0.05, 0.1) is 18.8 Å². The van der Waals surface area contributed by atoms with Gasteiger partial charge >= 0.3 is 6.18 Å². The summed E-state index contributed by atoms with van der Waals surface area (Å²) in [6, 6.07) is 6.65. The van der Waals surface area contributed by atoms with Gasteiger partial charge in [-0.2, -0.15) is 18.3 Å². The lowest BCUT2D eigenvalue weighted by Gasteiger charge is -2.33. The van der Waals surface area contributed by atoms with E-state index in [0.717, 1.165) is 10.2 Å². The lowest BCUT2D eigenvalue weighted by molar-refractivity contribution is -0.173. The number of hydrogen-bond donors (Lipinski definition) is 1. The molecule has 0 unspecified atom stereocenters. The number of nitrogens with zero attached hydrogens (tertiary/aromatic N) is 2. The van der Waals surface area contributed by atoms with Gasteiger partial charge < -0.3 is 10.1 Å². The molecule has 4 nitrogen and oxygen atoms in total. The van der Waals surface area contributed by atoms with Gasteiger partial charge in [-0.1, -0.05) is 12.1 Å². The third-order valence-corrected chi connectivity index (χ3v) is 3.81. The molecule has 0 saturated carbocycles. The number of aryl methyl sites for hydroxylation is 1. The van der Waals surface area contributed by atoms with E-state index in [9.17, 15) is 13.2 Å². The summed E-state index contributed by atoms with van der Waals surface area (Å²) in [5.41, 5.74) is 1.32. The number of methoxy groups -OCH3 is 1. The number of benzene rings is 1. The Morgan fingerprint density at radius 2 is 2.09 bits per heavy atom. The summed E-state index contributed by atoms with van der Waals surface area (Å²) >= 11 is 0. The Kier molecular flexibility index (Phi) is 3.50. The summed E-state index contributed by atoms with van der Waals surface area (Å²) in [5, 5.41) is 7.10. The smallest absolute Gasteiger partial charge is 0.410 e. The largest absolute Gasteiger partial charge is 0.497 e. The van der Waals surface area contributed by atoms with Gasteiger partial charge in [0, 0.05) is 12.5 Å². The van der Waals surface area contributed by atoms with Crippen molar-refractivity contribution in [2.75, 3.05) is 12.4 Å². The number of aromatic nitrogens is 2. The second kappa shape index (κ2) is 5.23. The van der Waals surface area contributed by atoms with Gasteiger partial charge in [0.15, 0.2) is 6.04 Å². The summed E-state index contributed by atoms with van der Waals surface area (Å²) < 4.78 is 46.2. The molecule has 2 aromatic rings. The Bertz CT molecular complexity index is 681. The highest BCUT2D eigenvalue weighted by Gasteiger charge is 2.46. The molecule has 118 valence electrons. The van der Waals surface area contributed by atoms with Crippen LogP contribution in [0.2, 0.25) is 0 Å². The minimum absolute atomic E-state index is 0.106. The van der Waals surface area contributed by atoms with Gasteiger partial charge in [-0.25, -0.2) is 4.68 Å². The summed E-state index contributed by atoms with van der Waals surface area (Å²) in [5.74, 6) is 1.01. The SMILES string of the molecule is COc1cccc([C@@H]2C[C@@H](C(F)(F)F)n3nc(C)cc3N2)c1. The van der Waals surface area contributed by atoms with Crippen molar-refractivity contribution >= 4 is 5.82 Å². The van der Waals surface area contributed by atoms with Crippen LogP contribution < -0.4 is 10.1 Å². The number of nitrogens with one attached hydrogen (secondary N) is 1.